The highest BCUT2D eigenvalue weighted by molar-refractivity contribution is 6.31. The monoisotopic (exact) mass is 452 g/mol. The van der Waals surface area contributed by atoms with Crippen molar-refractivity contribution >= 4 is 35.2 Å². The number of rotatable bonds is 7. The van der Waals surface area contributed by atoms with Crippen molar-refractivity contribution in [2.45, 2.75) is 36.9 Å². The third kappa shape index (κ3) is 4.47. The van der Waals surface area contributed by atoms with E-state index in [2.05, 4.69) is 10.6 Å². The highest BCUT2D eigenvalue weighted by Gasteiger charge is 2.69. The van der Waals surface area contributed by atoms with Gasteiger partial charge in [-0.25, -0.2) is 9.18 Å². The molecule has 9 heteroatoms. The molecule has 6 nitrogen and oxygen atoms in total. The second-order valence-electron chi connectivity index (χ2n) is 7.83. The molecule has 0 aliphatic heterocycles. The van der Waals surface area contributed by atoms with E-state index < -0.39 is 11.9 Å². The summed E-state index contributed by atoms with van der Waals surface area (Å²) in [5.41, 5.74) is 0.143. The van der Waals surface area contributed by atoms with Crippen LogP contribution in [0.3, 0.4) is 0 Å². The Kier molecular flexibility index (Phi) is 5.51. The standard InChI is InChI=1S/C21H19Cl2FN2O4/c22-14-3-1-2-13(6-14)8-30-19(28)26-21-10-20(11-21,12-21)25-18(27)9-29-15-4-5-16(23)17(24)7-15/h1-7H,8-12H2,(H,25,27)(H,26,28). The van der Waals surface area contributed by atoms with Crippen molar-refractivity contribution in [3.05, 3.63) is 63.9 Å². The normalized spacial score (nSPS) is 23.6. The average molecular weight is 453 g/mol. The number of carbonyl (C=O) groups excluding carboxylic acids is 2. The van der Waals surface area contributed by atoms with E-state index in [0.29, 0.717) is 24.3 Å². The zero-order chi connectivity index (χ0) is 21.4. The fourth-order valence-corrected chi connectivity index (χ4v) is 4.46. The van der Waals surface area contributed by atoms with Crippen LogP contribution in [0.5, 0.6) is 5.75 Å². The molecular weight excluding hydrogens is 434 g/mol. The molecule has 0 spiro atoms. The Morgan fingerprint density at radius 2 is 1.77 bits per heavy atom. The highest BCUT2D eigenvalue weighted by atomic mass is 35.5. The zero-order valence-electron chi connectivity index (χ0n) is 15.8. The summed E-state index contributed by atoms with van der Waals surface area (Å²) in [6, 6.07) is 11.1. The second kappa shape index (κ2) is 7.96. The van der Waals surface area contributed by atoms with Crippen LogP contribution in [0, 0.1) is 5.82 Å². The molecule has 3 aliphatic rings. The van der Waals surface area contributed by atoms with Gasteiger partial charge in [0.25, 0.3) is 5.91 Å². The summed E-state index contributed by atoms with van der Waals surface area (Å²) in [7, 11) is 0. The Morgan fingerprint density at radius 3 is 2.47 bits per heavy atom. The predicted molar refractivity (Wildman–Crippen MR) is 109 cm³/mol. The summed E-state index contributed by atoms with van der Waals surface area (Å²) in [4.78, 5) is 24.2. The van der Waals surface area contributed by atoms with Gasteiger partial charge in [-0.2, -0.15) is 0 Å². The highest BCUT2D eigenvalue weighted by Crippen LogP contribution is 2.60. The topological polar surface area (TPSA) is 76.7 Å². The Bertz CT molecular complexity index is 981. The van der Waals surface area contributed by atoms with Gasteiger partial charge < -0.3 is 20.1 Å². The molecule has 0 saturated heterocycles. The molecule has 2 amide bonds. The van der Waals surface area contributed by atoms with Crippen LogP contribution in [0.1, 0.15) is 24.8 Å². The lowest BCUT2D eigenvalue weighted by Gasteiger charge is -2.70. The van der Waals surface area contributed by atoms with Crippen LogP contribution in [-0.2, 0) is 16.1 Å². The van der Waals surface area contributed by atoms with Gasteiger partial charge in [0.15, 0.2) is 6.61 Å². The summed E-state index contributed by atoms with van der Waals surface area (Å²) >= 11 is 11.5. The van der Waals surface area contributed by atoms with Gasteiger partial charge in [-0.15, -0.1) is 0 Å². The first-order valence-corrected chi connectivity index (χ1v) is 10.1. The molecule has 0 heterocycles. The second-order valence-corrected chi connectivity index (χ2v) is 8.68. The van der Waals surface area contributed by atoms with Gasteiger partial charge in [0.2, 0.25) is 0 Å². The van der Waals surface area contributed by atoms with Crippen LogP contribution in [0.2, 0.25) is 10.0 Å². The van der Waals surface area contributed by atoms with Crippen molar-refractivity contribution in [2.75, 3.05) is 6.61 Å². The van der Waals surface area contributed by atoms with Crippen molar-refractivity contribution in [1.82, 2.24) is 10.6 Å². The van der Waals surface area contributed by atoms with Gasteiger partial charge in [-0.1, -0.05) is 35.3 Å². The molecule has 2 bridgehead atoms. The first kappa shape index (κ1) is 20.8. The summed E-state index contributed by atoms with van der Waals surface area (Å²) in [5.74, 6) is -0.684. The van der Waals surface area contributed by atoms with Gasteiger partial charge >= 0.3 is 6.09 Å². The van der Waals surface area contributed by atoms with Crippen LogP contribution in [0.25, 0.3) is 0 Å². The number of halogens is 3. The van der Waals surface area contributed by atoms with E-state index >= 15 is 0 Å². The van der Waals surface area contributed by atoms with Gasteiger partial charge in [0.1, 0.15) is 18.2 Å². The maximum atomic E-state index is 13.4. The van der Waals surface area contributed by atoms with E-state index in [1.54, 1.807) is 18.2 Å². The maximum absolute atomic E-state index is 13.4. The van der Waals surface area contributed by atoms with E-state index in [9.17, 15) is 14.0 Å². The minimum Gasteiger partial charge on any atom is -0.484 e. The minimum absolute atomic E-state index is 0.00967. The molecule has 3 aliphatic carbocycles. The SMILES string of the molecule is O=C(COc1ccc(Cl)c(F)c1)NC12CC(NC(=O)OCc3cccc(Cl)c3)(C1)C2. The molecule has 0 unspecified atom stereocenters. The van der Waals surface area contributed by atoms with Crippen LogP contribution >= 0.6 is 23.2 Å². The van der Waals surface area contributed by atoms with E-state index in [-0.39, 0.29) is 41.0 Å². The van der Waals surface area contributed by atoms with E-state index in [0.717, 1.165) is 11.6 Å². The smallest absolute Gasteiger partial charge is 0.407 e. The van der Waals surface area contributed by atoms with Crippen molar-refractivity contribution in [2.24, 2.45) is 0 Å². The molecular formula is C21H19Cl2FN2O4. The number of carbonyl (C=O) groups is 2. The van der Waals surface area contributed by atoms with Gasteiger partial charge in [0, 0.05) is 16.6 Å². The molecule has 3 fully saturated rings. The molecule has 0 atom stereocenters. The fourth-order valence-electron chi connectivity index (χ4n) is 4.13. The summed E-state index contributed by atoms with van der Waals surface area (Å²) in [5, 5.41) is 6.38. The van der Waals surface area contributed by atoms with Crippen molar-refractivity contribution < 1.29 is 23.5 Å². The largest absolute Gasteiger partial charge is 0.484 e. The number of benzene rings is 2. The predicted octanol–water partition coefficient (Wildman–Crippen LogP) is 4.23. The van der Waals surface area contributed by atoms with Crippen molar-refractivity contribution in [3.63, 3.8) is 0 Å². The zero-order valence-corrected chi connectivity index (χ0v) is 17.4. The van der Waals surface area contributed by atoms with Crippen LogP contribution < -0.4 is 15.4 Å². The van der Waals surface area contributed by atoms with Crippen molar-refractivity contribution in [3.8, 4) is 5.75 Å². The number of nitrogens with one attached hydrogen (secondary N) is 2. The third-order valence-electron chi connectivity index (χ3n) is 5.32. The molecule has 2 aromatic rings. The molecule has 30 heavy (non-hydrogen) atoms. The quantitative estimate of drug-likeness (QED) is 0.658. The first-order valence-electron chi connectivity index (χ1n) is 9.35. The summed E-state index contributed by atoms with van der Waals surface area (Å²) in [6.45, 7) is -0.0993. The van der Waals surface area contributed by atoms with Crippen LogP contribution in [-0.4, -0.2) is 29.7 Å². The Hall–Kier alpha value is -2.51. The van der Waals surface area contributed by atoms with E-state index in [1.807, 2.05) is 6.07 Å². The van der Waals surface area contributed by atoms with E-state index in [1.165, 1.54) is 12.1 Å². The first-order chi connectivity index (χ1) is 14.3. The summed E-state index contributed by atoms with van der Waals surface area (Å²) in [6.07, 6.45) is 1.40. The minimum atomic E-state index is -0.607. The molecule has 2 N–H and O–H groups in total. The lowest BCUT2D eigenvalue weighted by Crippen LogP contribution is -2.84. The molecule has 2 aromatic carbocycles. The molecule has 0 aromatic heterocycles. The number of alkyl carbamates (subject to hydrolysis) is 1. The van der Waals surface area contributed by atoms with E-state index in [4.69, 9.17) is 32.7 Å². The number of amides is 2. The number of ether oxygens (including phenoxy) is 2. The molecule has 0 radical (unpaired) electrons. The van der Waals surface area contributed by atoms with Gasteiger partial charge in [0.05, 0.1) is 10.6 Å². The van der Waals surface area contributed by atoms with Gasteiger partial charge in [-0.3, -0.25) is 4.79 Å². The number of hydrogen-bond donors (Lipinski definition) is 2. The lowest BCUT2D eigenvalue weighted by atomic mass is 9.44. The Labute approximate surface area is 182 Å². The Morgan fingerprint density at radius 1 is 1.03 bits per heavy atom. The van der Waals surface area contributed by atoms with Crippen LogP contribution in [0.15, 0.2) is 42.5 Å². The third-order valence-corrected chi connectivity index (χ3v) is 5.86. The van der Waals surface area contributed by atoms with Crippen molar-refractivity contribution in [1.29, 1.82) is 0 Å². The molecule has 5 rings (SSSR count). The van der Waals surface area contributed by atoms with Gasteiger partial charge in [-0.05, 0) is 49.1 Å². The Balaban J connectivity index is 1.17. The maximum Gasteiger partial charge on any atom is 0.407 e. The fraction of sp³-hybridized carbons (Fsp3) is 0.333. The van der Waals surface area contributed by atoms with Crippen LogP contribution in [0.4, 0.5) is 9.18 Å². The molecule has 3 saturated carbocycles. The lowest BCUT2D eigenvalue weighted by molar-refractivity contribution is -0.141. The summed E-state index contributed by atoms with van der Waals surface area (Å²) < 4.78 is 23.9. The number of hydrogen-bond acceptors (Lipinski definition) is 4. The molecule has 158 valence electrons. The average Bonchev–Trinajstić information content (AvgIpc) is 2.65.